The number of ether oxygens (including phenoxy) is 1. The van der Waals surface area contributed by atoms with E-state index in [1.165, 1.54) is 5.01 Å². The Kier molecular flexibility index (Phi) is 13.3. The van der Waals surface area contributed by atoms with Crippen molar-refractivity contribution in [2.75, 3.05) is 32.7 Å². The monoisotopic (exact) mass is 643 g/mol. The first-order chi connectivity index (χ1) is 22.1. The van der Waals surface area contributed by atoms with E-state index in [0.717, 1.165) is 67.6 Å². The number of carbonyl (C=O) groups excluding carboxylic acids is 2. The van der Waals surface area contributed by atoms with Crippen LogP contribution >= 0.6 is 12.4 Å². The fourth-order valence-corrected chi connectivity index (χ4v) is 6.45. The van der Waals surface area contributed by atoms with Crippen LogP contribution in [0.1, 0.15) is 53.9 Å². The molecule has 0 atom stereocenters. The Morgan fingerprint density at radius 1 is 0.870 bits per heavy atom. The summed E-state index contributed by atoms with van der Waals surface area (Å²) < 4.78 is 20.0. The number of likely N-dealkylation sites (tertiary alicyclic amines) is 1. The van der Waals surface area contributed by atoms with Gasteiger partial charge in [-0.05, 0) is 79.6 Å². The van der Waals surface area contributed by atoms with Gasteiger partial charge in [-0.25, -0.2) is 19.6 Å². The van der Waals surface area contributed by atoms with Crippen molar-refractivity contribution in [2.24, 2.45) is 0 Å². The van der Waals surface area contributed by atoms with Crippen molar-refractivity contribution in [3.05, 3.63) is 143 Å². The minimum atomic E-state index is -0.598. The van der Waals surface area contributed by atoms with Gasteiger partial charge in [-0.15, -0.1) is 12.4 Å². The van der Waals surface area contributed by atoms with Crippen molar-refractivity contribution in [3.63, 3.8) is 0 Å². The number of amides is 1. The third-order valence-corrected chi connectivity index (χ3v) is 8.92. The summed E-state index contributed by atoms with van der Waals surface area (Å²) in [4.78, 5) is 27.2. The van der Waals surface area contributed by atoms with Crippen LogP contribution in [0.3, 0.4) is 0 Å². The van der Waals surface area contributed by atoms with Gasteiger partial charge < -0.3 is 14.4 Å². The van der Waals surface area contributed by atoms with E-state index in [1.54, 1.807) is 12.1 Å². The molecule has 1 aliphatic heterocycles. The molecular formula is C38H43ClFN3O3. The van der Waals surface area contributed by atoms with E-state index >= 15 is 0 Å². The Balaban J connectivity index is 0.00000480. The number of rotatable bonds is 14. The number of carbonyl (C=O) groups is 2. The topological polar surface area (TPSA) is 61.9 Å². The molecule has 0 unspecified atom stereocenters. The van der Waals surface area contributed by atoms with E-state index in [1.807, 2.05) is 78.9 Å². The van der Waals surface area contributed by atoms with Gasteiger partial charge in [0, 0.05) is 12.0 Å². The molecule has 1 fully saturated rings. The number of hydrogen-bond acceptors (Lipinski definition) is 5. The molecule has 1 aliphatic rings. The maximum absolute atomic E-state index is 14.4. The number of aldehydes is 1. The first kappa shape index (κ1) is 34.8. The minimum Gasteiger partial charge on any atom is -0.444 e. The SMILES string of the molecule is Cl.O=CCN(NCC(CCCN1CCC(c2ccccc2F)CC1)(c1ccccc1)c1ccccc1)C(=O)OCc1ccccc1. The molecule has 1 N–H and O–H groups in total. The van der Waals surface area contributed by atoms with Crippen LogP contribution < -0.4 is 5.43 Å². The number of benzene rings is 4. The molecule has 0 aliphatic carbocycles. The van der Waals surface area contributed by atoms with Gasteiger partial charge in [0.25, 0.3) is 0 Å². The third-order valence-electron chi connectivity index (χ3n) is 8.92. The summed E-state index contributed by atoms with van der Waals surface area (Å²) >= 11 is 0. The predicted octanol–water partition coefficient (Wildman–Crippen LogP) is 7.54. The summed E-state index contributed by atoms with van der Waals surface area (Å²) in [5, 5.41) is 1.27. The number of hydrogen-bond donors (Lipinski definition) is 1. The van der Waals surface area contributed by atoms with Crippen molar-refractivity contribution in [2.45, 2.75) is 43.6 Å². The highest BCUT2D eigenvalue weighted by Crippen LogP contribution is 2.37. The molecule has 4 aromatic carbocycles. The summed E-state index contributed by atoms with van der Waals surface area (Å²) in [6.45, 7) is 3.16. The molecule has 46 heavy (non-hydrogen) atoms. The van der Waals surface area contributed by atoms with Crippen LogP contribution in [0.15, 0.2) is 115 Å². The fourth-order valence-electron chi connectivity index (χ4n) is 6.45. The van der Waals surface area contributed by atoms with E-state index < -0.39 is 11.5 Å². The lowest BCUT2D eigenvalue weighted by molar-refractivity contribution is -0.109. The molecule has 0 radical (unpaired) electrons. The van der Waals surface area contributed by atoms with Gasteiger partial charge in [-0.3, -0.25) is 0 Å². The van der Waals surface area contributed by atoms with Gasteiger partial charge in [0.1, 0.15) is 18.7 Å². The number of nitrogens with one attached hydrogen (secondary N) is 1. The lowest BCUT2D eigenvalue weighted by atomic mass is 9.71. The number of nitrogens with zero attached hydrogens (tertiary/aromatic N) is 2. The molecule has 8 heteroatoms. The molecule has 1 amide bonds. The zero-order valence-electron chi connectivity index (χ0n) is 26.1. The maximum atomic E-state index is 14.4. The van der Waals surface area contributed by atoms with Crippen molar-refractivity contribution < 1.29 is 18.7 Å². The second kappa shape index (κ2) is 17.6. The van der Waals surface area contributed by atoms with Gasteiger partial charge in [-0.1, -0.05) is 109 Å². The zero-order valence-corrected chi connectivity index (χ0v) is 26.9. The highest BCUT2D eigenvalue weighted by molar-refractivity contribution is 5.85. The second-order valence-corrected chi connectivity index (χ2v) is 11.7. The molecule has 5 rings (SSSR count). The molecular weight excluding hydrogens is 601 g/mol. The molecule has 0 bridgehead atoms. The summed E-state index contributed by atoms with van der Waals surface area (Å²) in [7, 11) is 0. The van der Waals surface area contributed by atoms with Crippen molar-refractivity contribution in [1.82, 2.24) is 15.3 Å². The third kappa shape index (κ3) is 9.03. The summed E-state index contributed by atoms with van der Waals surface area (Å²) in [5.41, 5.74) is 6.78. The predicted molar refractivity (Wildman–Crippen MR) is 182 cm³/mol. The fraction of sp³-hybridized carbons (Fsp3) is 0.316. The van der Waals surface area contributed by atoms with Crippen molar-refractivity contribution >= 4 is 24.8 Å². The number of piperidine rings is 1. The molecule has 0 saturated carbocycles. The highest BCUT2D eigenvalue weighted by atomic mass is 35.5. The zero-order chi connectivity index (χ0) is 31.3. The summed E-state index contributed by atoms with van der Waals surface area (Å²) in [5.74, 6) is 0.149. The van der Waals surface area contributed by atoms with Gasteiger partial charge in [0.15, 0.2) is 0 Å². The molecule has 6 nitrogen and oxygen atoms in total. The number of hydrazine groups is 1. The summed E-state index contributed by atoms with van der Waals surface area (Å²) in [6.07, 6.45) is 3.72. The van der Waals surface area contributed by atoms with E-state index in [9.17, 15) is 14.0 Å². The maximum Gasteiger partial charge on any atom is 0.424 e. The van der Waals surface area contributed by atoms with Crippen LogP contribution in [0.5, 0.6) is 0 Å². The molecule has 0 aromatic heterocycles. The van der Waals surface area contributed by atoms with E-state index in [-0.39, 0.29) is 37.3 Å². The van der Waals surface area contributed by atoms with Crippen LogP contribution in [0.2, 0.25) is 0 Å². The summed E-state index contributed by atoms with van der Waals surface area (Å²) in [6, 6.07) is 37.3. The lowest BCUT2D eigenvalue weighted by Gasteiger charge is -2.38. The van der Waals surface area contributed by atoms with Crippen molar-refractivity contribution in [1.29, 1.82) is 0 Å². The second-order valence-electron chi connectivity index (χ2n) is 11.7. The normalized spacial score (nSPS) is 13.8. The first-order valence-electron chi connectivity index (χ1n) is 15.8. The Labute approximate surface area is 278 Å². The largest absolute Gasteiger partial charge is 0.444 e. The number of halogens is 2. The quantitative estimate of drug-likeness (QED) is 0.114. The molecule has 1 saturated heterocycles. The average molecular weight is 644 g/mol. The molecule has 242 valence electrons. The average Bonchev–Trinajstić information content (AvgIpc) is 3.10. The van der Waals surface area contributed by atoms with Gasteiger partial charge in [-0.2, -0.15) is 0 Å². The highest BCUT2D eigenvalue weighted by Gasteiger charge is 2.35. The smallest absolute Gasteiger partial charge is 0.424 e. The molecule has 0 spiro atoms. The van der Waals surface area contributed by atoms with Gasteiger partial charge in [0.05, 0.1) is 6.54 Å². The van der Waals surface area contributed by atoms with Crippen molar-refractivity contribution in [3.8, 4) is 0 Å². The Hall–Kier alpha value is -4.04. The van der Waals surface area contributed by atoms with Gasteiger partial charge >= 0.3 is 6.09 Å². The van der Waals surface area contributed by atoms with Crippen LogP contribution in [-0.4, -0.2) is 55.0 Å². The van der Waals surface area contributed by atoms with E-state index in [4.69, 9.17) is 4.74 Å². The van der Waals surface area contributed by atoms with Crippen LogP contribution in [0.25, 0.3) is 0 Å². The standard InChI is InChI=1S/C38H42FN3O3.ClH/c39-36-20-11-10-19-35(36)32-21-25-41(26-22-32)24-12-23-38(33-15-6-2-7-16-33,34-17-8-3-9-18-34)30-40-42(27-28-43)37(44)45-29-31-13-4-1-5-14-31;/h1-11,13-20,28,32,40H,12,21-27,29-30H2;1H. The molecule has 1 heterocycles. The van der Waals surface area contributed by atoms with Crippen LogP contribution in [-0.2, 0) is 21.6 Å². The van der Waals surface area contributed by atoms with E-state index in [2.05, 4.69) is 34.6 Å². The minimum absolute atomic E-state index is 0. The lowest BCUT2D eigenvalue weighted by Crippen LogP contribution is -2.51. The molecule has 4 aromatic rings. The van der Waals surface area contributed by atoms with E-state index in [0.29, 0.717) is 12.8 Å². The Morgan fingerprint density at radius 3 is 2.02 bits per heavy atom. The van der Waals surface area contributed by atoms with Gasteiger partial charge in [0.2, 0.25) is 0 Å². The Bertz CT molecular complexity index is 1450. The Morgan fingerprint density at radius 2 is 1.43 bits per heavy atom. The first-order valence-corrected chi connectivity index (χ1v) is 15.8. The van der Waals surface area contributed by atoms with Crippen LogP contribution in [0.4, 0.5) is 9.18 Å². The van der Waals surface area contributed by atoms with Crippen LogP contribution in [0, 0.1) is 5.82 Å².